The van der Waals surface area contributed by atoms with E-state index in [1.807, 2.05) is 25.1 Å². The maximum Gasteiger partial charge on any atom is 0.125 e. The van der Waals surface area contributed by atoms with Crippen LogP contribution in [0.4, 0.5) is 0 Å². The molecule has 0 radical (unpaired) electrons. The van der Waals surface area contributed by atoms with Crippen molar-refractivity contribution in [2.75, 3.05) is 20.2 Å². The van der Waals surface area contributed by atoms with E-state index in [9.17, 15) is 5.11 Å². The Labute approximate surface area is 109 Å². The van der Waals surface area contributed by atoms with E-state index in [2.05, 4.69) is 18.9 Å². The standard InChI is InChI=1S/C15H23NO2/c1-4-5-8-16(3)13-10-18-14-7-6-11(2)9-12(14)15(13)17/h6-7,9,13,15,17H,4-5,8,10H2,1-3H3. The zero-order valence-corrected chi connectivity index (χ0v) is 11.5. The van der Waals surface area contributed by atoms with Gasteiger partial charge in [0.05, 0.1) is 6.04 Å². The lowest BCUT2D eigenvalue weighted by molar-refractivity contribution is 0.0146. The van der Waals surface area contributed by atoms with Crippen molar-refractivity contribution in [3.63, 3.8) is 0 Å². The fourth-order valence-electron chi connectivity index (χ4n) is 2.45. The maximum absolute atomic E-state index is 10.5. The number of hydrogen-bond acceptors (Lipinski definition) is 3. The Kier molecular flexibility index (Phi) is 4.25. The predicted octanol–water partition coefficient (Wildman–Crippen LogP) is 2.52. The highest BCUT2D eigenvalue weighted by Gasteiger charge is 2.31. The monoisotopic (exact) mass is 249 g/mol. The molecule has 0 spiro atoms. The van der Waals surface area contributed by atoms with E-state index < -0.39 is 6.10 Å². The average Bonchev–Trinajstić information content (AvgIpc) is 2.37. The van der Waals surface area contributed by atoms with Gasteiger partial charge in [0.15, 0.2) is 0 Å². The lowest BCUT2D eigenvalue weighted by Gasteiger charge is -2.36. The molecule has 3 heteroatoms. The molecule has 1 heterocycles. The molecule has 1 aromatic rings. The van der Waals surface area contributed by atoms with Crippen molar-refractivity contribution in [2.24, 2.45) is 0 Å². The minimum Gasteiger partial charge on any atom is -0.491 e. The first-order valence-electron chi connectivity index (χ1n) is 6.75. The van der Waals surface area contributed by atoms with Crippen LogP contribution >= 0.6 is 0 Å². The third kappa shape index (κ3) is 2.68. The minimum atomic E-state index is -0.449. The number of rotatable bonds is 4. The number of benzene rings is 1. The number of nitrogens with zero attached hydrogens (tertiary/aromatic N) is 1. The third-order valence-corrected chi connectivity index (χ3v) is 3.69. The van der Waals surface area contributed by atoms with Crippen molar-refractivity contribution < 1.29 is 9.84 Å². The SMILES string of the molecule is CCCCN(C)C1COc2ccc(C)cc2C1O. The Hall–Kier alpha value is -1.06. The molecule has 0 saturated carbocycles. The van der Waals surface area contributed by atoms with Crippen LogP contribution in [0.2, 0.25) is 0 Å². The number of fused-ring (bicyclic) bond motifs is 1. The largest absolute Gasteiger partial charge is 0.491 e. The predicted molar refractivity (Wildman–Crippen MR) is 73.0 cm³/mol. The summed E-state index contributed by atoms with van der Waals surface area (Å²) in [6, 6.07) is 6.06. The first kappa shape index (κ1) is 13.4. The molecular weight excluding hydrogens is 226 g/mol. The van der Waals surface area contributed by atoms with Gasteiger partial charge in [0.25, 0.3) is 0 Å². The minimum absolute atomic E-state index is 0.0610. The van der Waals surface area contributed by atoms with Gasteiger partial charge in [-0.2, -0.15) is 0 Å². The van der Waals surface area contributed by atoms with Gasteiger partial charge in [-0.1, -0.05) is 25.0 Å². The summed E-state index contributed by atoms with van der Waals surface area (Å²) in [6.07, 6.45) is 1.87. The van der Waals surface area contributed by atoms with Crippen molar-refractivity contribution in [2.45, 2.75) is 38.8 Å². The normalized spacial score (nSPS) is 22.7. The summed E-state index contributed by atoms with van der Waals surface area (Å²) >= 11 is 0. The van der Waals surface area contributed by atoms with Gasteiger partial charge in [-0.15, -0.1) is 0 Å². The molecule has 2 unspecified atom stereocenters. The van der Waals surface area contributed by atoms with Crippen molar-refractivity contribution in [3.05, 3.63) is 29.3 Å². The Morgan fingerprint density at radius 3 is 2.94 bits per heavy atom. The van der Waals surface area contributed by atoms with E-state index in [1.165, 1.54) is 6.42 Å². The zero-order valence-electron chi connectivity index (χ0n) is 11.5. The van der Waals surface area contributed by atoms with Crippen LogP contribution in [0.25, 0.3) is 0 Å². The first-order chi connectivity index (χ1) is 8.63. The van der Waals surface area contributed by atoms with Gasteiger partial charge in [-0.25, -0.2) is 0 Å². The average molecular weight is 249 g/mol. The van der Waals surface area contributed by atoms with E-state index in [-0.39, 0.29) is 6.04 Å². The summed E-state index contributed by atoms with van der Waals surface area (Å²) < 4.78 is 5.76. The quantitative estimate of drug-likeness (QED) is 0.890. The van der Waals surface area contributed by atoms with Crippen molar-refractivity contribution in [1.29, 1.82) is 0 Å². The molecule has 18 heavy (non-hydrogen) atoms. The number of unbranched alkanes of at least 4 members (excludes halogenated alkanes) is 1. The molecule has 1 aliphatic rings. The lowest BCUT2D eigenvalue weighted by atomic mass is 9.96. The van der Waals surface area contributed by atoms with Crippen LogP contribution < -0.4 is 4.74 Å². The van der Waals surface area contributed by atoms with Gasteiger partial charge in [-0.05, 0) is 39.1 Å². The fourth-order valence-corrected chi connectivity index (χ4v) is 2.45. The molecule has 0 aliphatic carbocycles. The summed E-state index contributed by atoms with van der Waals surface area (Å²) in [7, 11) is 2.06. The molecule has 100 valence electrons. The van der Waals surface area contributed by atoms with Crippen LogP contribution in [0.1, 0.15) is 37.0 Å². The van der Waals surface area contributed by atoms with E-state index in [0.717, 1.165) is 29.8 Å². The maximum atomic E-state index is 10.5. The smallest absolute Gasteiger partial charge is 0.125 e. The van der Waals surface area contributed by atoms with Crippen LogP contribution in [0.15, 0.2) is 18.2 Å². The lowest BCUT2D eigenvalue weighted by Crippen LogP contribution is -2.44. The van der Waals surface area contributed by atoms with Crippen LogP contribution in [0.5, 0.6) is 5.75 Å². The molecule has 0 aromatic heterocycles. The molecule has 1 aliphatic heterocycles. The van der Waals surface area contributed by atoms with Gasteiger partial charge >= 0.3 is 0 Å². The molecule has 3 nitrogen and oxygen atoms in total. The second-order valence-corrected chi connectivity index (χ2v) is 5.20. The summed E-state index contributed by atoms with van der Waals surface area (Å²) in [5.74, 6) is 0.827. The van der Waals surface area contributed by atoms with Gasteiger partial charge < -0.3 is 9.84 Å². The number of aliphatic hydroxyl groups excluding tert-OH is 1. The molecule has 0 amide bonds. The van der Waals surface area contributed by atoms with Crippen LogP contribution in [0, 0.1) is 6.92 Å². The third-order valence-electron chi connectivity index (χ3n) is 3.69. The summed E-state index contributed by atoms with van der Waals surface area (Å²) in [4.78, 5) is 2.21. The number of aliphatic hydroxyl groups is 1. The highest BCUT2D eigenvalue weighted by atomic mass is 16.5. The highest BCUT2D eigenvalue weighted by molar-refractivity contribution is 5.40. The summed E-state index contributed by atoms with van der Waals surface area (Å²) in [5.41, 5.74) is 2.09. The topological polar surface area (TPSA) is 32.7 Å². The number of aryl methyl sites for hydroxylation is 1. The number of ether oxygens (including phenoxy) is 1. The van der Waals surface area contributed by atoms with Gasteiger partial charge in [0, 0.05) is 5.56 Å². The molecule has 0 saturated heterocycles. The zero-order chi connectivity index (χ0) is 13.1. The van der Waals surface area contributed by atoms with E-state index in [1.54, 1.807) is 0 Å². The van der Waals surface area contributed by atoms with Crippen molar-refractivity contribution in [3.8, 4) is 5.75 Å². The molecule has 1 aromatic carbocycles. The summed E-state index contributed by atoms with van der Waals surface area (Å²) in [6.45, 7) is 5.79. The molecule has 0 fully saturated rings. The van der Waals surface area contributed by atoms with Gasteiger partial charge in [0.1, 0.15) is 18.5 Å². The first-order valence-corrected chi connectivity index (χ1v) is 6.75. The van der Waals surface area contributed by atoms with Crippen LogP contribution in [-0.2, 0) is 0 Å². The molecule has 1 N–H and O–H groups in total. The Morgan fingerprint density at radius 1 is 1.44 bits per heavy atom. The molecule has 0 bridgehead atoms. The Balaban J connectivity index is 2.14. The number of likely N-dealkylation sites (N-methyl/N-ethyl adjacent to an activating group) is 1. The van der Waals surface area contributed by atoms with Crippen LogP contribution in [-0.4, -0.2) is 36.2 Å². The molecule has 2 rings (SSSR count). The van der Waals surface area contributed by atoms with Gasteiger partial charge in [-0.3, -0.25) is 4.90 Å². The van der Waals surface area contributed by atoms with E-state index in [0.29, 0.717) is 6.61 Å². The Morgan fingerprint density at radius 2 is 2.22 bits per heavy atom. The molecule has 2 atom stereocenters. The van der Waals surface area contributed by atoms with Crippen molar-refractivity contribution >= 4 is 0 Å². The highest BCUT2D eigenvalue weighted by Crippen LogP contribution is 2.34. The number of hydrogen-bond donors (Lipinski definition) is 1. The second-order valence-electron chi connectivity index (χ2n) is 5.20. The second kappa shape index (κ2) is 5.72. The van der Waals surface area contributed by atoms with E-state index in [4.69, 9.17) is 4.74 Å². The van der Waals surface area contributed by atoms with Crippen LogP contribution in [0.3, 0.4) is 0 Å². The summed E-state index contributed by atoms with van der Waals surface area (Å²) in [5, 5.41) is 10.5. The molecular formula is C15H23NO2. The Bertz CT molecular complexity index is 405. The fraction of sp³-hybridized carbons (Fsp3) is 0.600. The van der Waals surface area contributed by atoms with E-state index >= 15 is 0 Å². The van der Waals surface area contributed by atoms with Crippen molar-refractivity contribution in [1.82, 2.24) is 4.90 Å². The van der Waals surface area contributed by atoms with Gasteiger partial charge in [0.2, 0.25) is 0 Å².